The second kappa shape index (κ2) is 3.42. The van der Waals surface area contributed by atoms with E-state index in [1.165, 1.54) is 18.5 Å². The Morgan fingerprint density at radius 2 is 2.46 bits per heavy atom. The van der Waals surface area contributed by atoms with Gasteiger partial charge in [0.25, 0.3) is 0 Å². The Bertz CT molecular complexity index is 304. The van der Waals surface area contributed by atoms with E-state index in [-0.39, 0.29) is 0 Å². The van der Waals surface area contributed by atoms with Crippen LogP contribution in [0.15, 0.2) is 10.7 Å². The summed E-state index contributed by atoms with van der Waals surface area (Å²) in [6, 6.07) is 0.307. The van der Waals surface area contributed by atoms with E-state index in [0.29, 0.717) is 18.5 Å². The summed E-state index contributed by atoms with van der Waals surface area (Å²) in [5, 5.41) is 4.34. The van der Waals surface area contributed by atoms with Crippen molar-refractivity contribution in [1.82, 2.24) is 9.78 Å². The first-order valence-corrected chi connectivity index (χ1v) is 5.46. The quantitative estimate of drug-likeness (QED) is 0.884. The molecule has 0 spiro atoms. The molecule has 0 aromatic carbocycles. The van der Waals surface area contributed by atoms with E-state index in [2.05, 4.69) is 32.6 Å². The molecule has 2 rings (SSSR count). The molecule has 2 N–H and O–H groups in total. The molecule has 1 aliphatic carbocycles. The van der Waals surface area contributed by atoms with E-state index in [1.54, 1.807) is 0 Å². The summed E-state index contributed by atoms with van der Waals surface area (Å²) < 4.78 is 3.19. The zero-order chi connectivity index (χ0) is 9.42. The Hall–Kier alpha value is -0.350. The highest BCUT2D eigenvalue weighted by Crippen LogP contribution is 2.43. The second-order valence-corrected chi connectivity index (χ2v) is 4.54. The van der Waals surface area contributed by atoms with Crippen LogP contribution in [-0.4, -0.2) is 16.3 Å². The maximum Gasteiger partial charge on any atom is 0.0635 e. The van der Waals surface area contributed by atoms with Gasteiger partial charge in [0.15, 0.2) is 0 Å². The van der Waals surface area contributed by atoms with Crippen molar-refractivity contribution in [2.45, 2.75) is 31.7 Å². The molecule has 0 aliphatic heterocycles. The van der Waals surface area contributed by atoms with Crippen molar-refractivity contribution in [1.29, 1.82) is 0 Å². The lowest BCUT2D eigenvalue weighted by atomic mass is 10.2. The van der Waals surface area contributed by atoms with Crippen molar-refractivity contribution in [3.63, 3.8) is 0 Å². The fourth-order valence-corrected chi connectivity index (χ4v) is 2.14. The number of hydrogen-bond acceptors (Lipinski definition) is 2. The molecule has 0 radical (unpaired) electrons. The van der Waals surface area contributed by atoms with E-state index in [4.69, 9.17) is 5.73 Å². The van der Waals surface area contributed by atoms with Gasteiger partial charge in [0, 0.05) is 12.5 Å². The minimum atomic E-state index is 0.307. The lowest BCUT2D eigenvalue weighted by Crippen LogP contribution is -2.18. The monoisotopic (exact) mass is 243 g/mol. The van der Waals surface area contributed by atoms with Crippen molar-refractivity contribution in [3.05, 3.63) is 16.4 Å². The van der Waals surface area contributed by atoms with Crippen LogP contribution < -0.4 is 5.73 Å². The topological polar surface area (TPSA) is 43.8 Å². The largest absolute Gasteiger partial charge is 0.328 e. The SMILES string of the molecule is CC(CN)n1ncc(Br)c1C1CC1. The van der Waals surface area contributed by atoms with Gasteiger partial charge in [-0.15, -0.1) is 0 Å². The zero-order valence-electron chi connectivity index (χ0n) is 7.70. The van der Waals surface area contributed by atoms with Crippen LogP contribution in [0.1, 0.15) is 37.4 Å². The number of halogens is 1. The van der Waals surface area contributed by atoms with Crippen molar-refractivity contribution in [2.75, 3.05) is 6.54 Å². The van der Waals surface area contributed by atoms with Gasteiger partial charge < -0.3 is 5.73 Å². The molecule has 1 unspecified atom stereocenters. The lowest BCUT2D eigenvalue weighted by molar-refractivity contribution is 0.481. The molecule has 0 saturated heterocycles. The number of nitrogens with zero attached hydrogens (tertiary/aromatic N) is 2. The zero-order valence-corrected chi connectivity index (χ0v) is 9.29. The van der Waals surface area contributed by atoms with Crippen LogP contribution in [0, 0.1) is 0 Å². The average molecular weight is 244 g/mol. The summed E-state index contributed by atoms with van der Waals surface area (Å²) in [6.07, 6.45) is 4.46. The Morgan fingerprint density at radius 1 is 1.77 bits per heavy atom. The van der Waals surface area contributed by atoms with Crippen LogP contribution in [-0.2, 0) is 0 Å². The van der Waals surface area contributed by atoms with Gasteiger partial charge in [-0.3, -0.25) is 4.68 Å². The predicted octanol–water partition coefficient (Wildman–Crippen LogP) is 2.04. The minimum absolute atomic E-state index is 0.307. The predicted molar refractivity (Wildman–Crippen MR) is 55.7 cm³/mol. The van der Waals surface area contributed by atoms with E-state index in [0.717, 1.165) is 4.47 Å². The van der Waals surface area contributed by atoms with E-state index in [1.807, 2.05) is 6.20 Å². The molecular formula is C9H14BrN3. The van der Waals surface area contributed by atoms with Gasteiger partial charge in [0.2, 0.25) is 0 Å². The third kappa shape index (κ3) is 1.65. The standard InChI is InChI=1S/C9H14BrN3/c1-6(4-11)13-9(7-2-3-7)8(10)5-12-13/h5-7H,2-4,11H2,1H3. The number of hydrogen-bond donors (Lipinski definition) is 1. The van der Waals surface area contributed by atoms with E-state index in [9.17, 15) is 0 Å². The average Bonchev–Trinajstić information content (AvgIpc) is 2.89. The third-order valence-electron chi connectivity index (χ3n) is 2.51. The molecule has 4 heteroatoms. The lowest BCUT2D eigenvalue weighted by Gasteiger charge is -2.13. The second-order valence-electron chi connectivity index (χ2n) is 3.68. The van der Waals surface area contributed by atoms with Gasteiger partial charge in [0.1, 0.15) is 0 Å². The highest BCUT2D eigenvalue weighted by Gasteiger charge is 2.30. The molecule has 1 aromatic rings. The Morgan fingerprint density at radius 3 is 3.00 bits per heavy atom. The number of rotatable bonds is 3. The van der Waals surface area contributed by atoms with Gasteiger partial charge in [-0.25, -0.2) is 0 Å². The minimum Gasteiger partial charge on any atom is -0.328 e. The molecular weight excluding hydrogens is 230 g/mol. The normalized spacial score (nSPS) is 19.0. The van der Waals surface area contributed by atoms with Crippen molar-refractivity contribution in [2.24, 2.45) is 5.73 Å². The first-order chi connectivity index (χ1) is 6.24. The van der Waals surface area contributed by atoms with Gasteiger partial charge in [-0.05, 0) is 35.7 Å². The molecule has 1 saturated carbocycles. The Kier molecular flexibility index (Phi) is 2.43. The smallest absolute Gasteiger partial charge is 0.0635 e. The first kappa shape index (κ1) is 9.21. The molecule has 1 aliphatic rings. The summed E-state index contributed by atoms with van der Waals surface area (Å²) in [4.78, 5) is 0. The molecule has 1 heterocycles. The molecule has 72 valence electrons. The van der Waals surface area contributed by atoms with Crippen LogP contribution in [0.4, 0.5) is 0 Å². The Balaban J connectivity index is 2.33. The van der Waals surface area contributed by atoms with Crippen LogP contribution in [0.2, 0.25) is 0 Å². The molecule has 1 aromatic heterocycles. The van der Waals surface area contributed by atoms with Gasteiger partial charge >= 0.3 is 0 Å². The van der Waals surface area contributed by atoms with Crippen LogP contribution in [0.5, 0.6) is 0 Å². The van der Waals surface area contributed by atoms with Crippen LogP contribution in [0.25, 0.3) is 0 Å². The molecule has 0 amide bonds. The molecule has 1 fully saturated rings. The molecule has 13 heavy (non-hydrogen) atoms. The molecule has 0 bridgehead atoms. The summed E-state index contributed by atoms with van der Waals surface area (Å²) in [5.74, 6) is 0.714. The van der Waals surface area contributed by atoms with Crippen molar-refractivity contribution >= 4 is 15.9 Å². The van der Waals surface area contributed by atoms with Crippen LogP contribution >= 0.6 is 15.9 Å². The maximum absolute atomic E-state index is 5.63. The fourth-order valence-electron chi connectivity index (χ4n) is 1.54. The summed E-state index contributed by atoms with van der Waals surface area (Å²) in [5.41, 5.74) is 6.96. The van der Waals surface area contributed by atoms with Crippen molar-refractivity contribution < 1.29 is 0 Å². The van der Waals surface area contributed by atoms with Gasteiger partial charge in [-0.2, -0.15) is 5.10 Å². The Labute approximate surface area is 86.4 Å². The van der Waals surface area contributed by atoms with Crippen LogP contribution in [0.3, 0.4) is 0 Å². The summed E-state index contributed by atoms with van der Waals surface area (Å²) in [7, 11) is 0. The summed E-state index contributed by atoms with van der Waals surface area (Å²) >= 11 is 3.53. The van der Waals surface area contributed by atoms with Crippen molar-refractivity contribution in [3.8, 4) is 0 Å². The number of nitrogens with two attached hydrogens (primary N) is 1. The fraction of sp³-hybridized carbons (Fsp3) is 0.667. The van der Waals surface area contributed by atoms with Gasteiger partial charge in [0.05, 0.1) is 22.4 Å². The highest BCUT2D eigenvalue weighted by molar-refractivity contribution is 9.10. The summed E-state index contributed by atoms with van der Waals surface area (Å²) in [6.45, 7) is 2.75. The third-order valence-corrected chi connectivity index (χ3v) is 3.12. The molecule has 3 nitrogen and oxygen atoms in total. The highest BCUT2D eigenvalue weighted by atomic mass is 79.9. The maximum atomic E-state index is 5.63. The van der Waals surface area contributed by atoms with E-state index >= 15 is 0 Å². The first-order valence-electron chi connectivity index (χ1n) is 4.67. The van der Waals surface area contributed by atoms with Gasteiger partial charge in [-0.1, -0.05) is 0 Å². The van der Waals surface area contributed by atoms with E-state index < -0.39 is 0 Å². The number of aromatic nitrogens is 2. The molecule has 1 atom stereocenters.